The number of hydrogen-bond acceptors (Lipinski definition) is 4. The molecule has 0 aliphatic heterocycles. The molecule has 0 aromatic heterocycles. The van der Waals surface area contributed by atoms with Crippen LogP contribution < -0.4 is 0 Å². The Balaban J connectivity index is 2.78. The summed E-state index contributed by atoms with van der Waals surface area (Å²) in [6, 6.07) is 6.40. The minimum atomic E-state index is -0.423. The highest BCUT2D eigenvalue weighted by Crippen LogP contribution is 2.25. The first-order chi connectivity index (χ1) is 6.63. The van der Waals surface area contributed by atoms with E-state index in [2.05, 4.69) is 0 Å². The van der Waals surface area contributed by atoms with Gasteiger partial charge in [-0.15, -0.1) is 11.8 Å². The second-order valence-electron chi connectivity index (χ2n) is 2.87. The summed E-state index contributed by atoms with van der Waals surface area (Å²) in [6.07, 6.45) is 0. The maximum absolute atomic E-state index is 10.5. The van der Waals surface area contributed by atoms with Crippen LogP contribution in [0.1, 0.15) is 6.92 Å². The zero-order valence-electron chi connectivity index (χ0n) is 7.71. The lowest BCUT2D eigenvalue weighted by atomic mass is 10.3. The fourth-order valence-corrected chi connectivity index (χ4v) is 1.83. The molecule has 1 aromatic carbocycles. The summed E-state index contributed by atoms with van der Waals surface area (Å²) in [5.74, 6) is 0. The highest BCUT2D eigenvalue weighted by Gasteiger charge is 2.08. The van der Waals surface area contributed by atoms with E-state index < -0.39 is 4.92 Å². The molecule has 0 amide bonds. The average molecular weight is 213 g/mol. The maximum atomic E-state index is 10.5. The second kappa shape index (κ2) is 4.97. The van der Waals surface area contributed by atoms with Gasteiger partial charge in [0, 0.05) is 22.3 Å². The number of aliphatic hydroxyl groups is 1. The van der Waals surface area contributed by atoms with Gasteiger partial charge in [-0.25, -0.2) is 0 Å². The summed E-state index contributed by atoms with van der Waals surface area (Å²) in [4.78, 5) is 10.8. The molecular weight excluding hydrogens is 202 g/mol. The number of hydrogen-bond donors (Lipinski definition) is 1. The number of non-ortho nitro benzene ring substituents is 1. The highest BCUT2D eigenvalue weighted by molar-refractivity contribution is 8.00. The molecule has 1 aromatic rings. The molecule has 0 radical (unpaired) electrons. The van der Waals surface area contributed by atoms with Crippen LogP contribution in [0.5, 0.6) is 0 Å². The van der Waals surface area contributed by atoms with E-state index in [4.69, 9.17) is 5.11 Å². The van der Waals surface area contributed by atoms with Crippen molar-refractivity contribution in [2.45, 2.75) is 17.1 Å². The first-order valence-electron chi connectivity index (χ1n) is 4.15. The maximum Gasteiger partial charge on any atom is 0.270 e. The van der Waals surface area contributed by atoms with E-state index in [0.717, 1.165) is 4.90 Å². The Morgan fingerprint density at radius 2 is 2.36 bits per heavy atom. The lowest BCUT2D eigenvalue weighted by Gasteiger charge is -2.06. The molecule has 1 unspecified atom stereocenters. The molecule has 0 heterocycles. The molecule has 0 saturated carbocycles. The Morgan fingerprint density at radius 1 is 1.64 bits per heavy atom. The monoisotopic (exact) mass is 213 g/mol. The Morgan fingerprint density at radius 3 is 2.93 bits per heavy atom. The molecule has 1 N–H and O–H groups in total. The van der Waals surface area contributed by atoms with Crippen molar-refractivity contribution in [2.24, 2.45) is 0 Å². The normalized spacial score (nSPS) is 12.4. The Labute approximate surface area is 86.1 Å². The molecule has 0 aliphatic rings. The number of benzene rings is 1. The van der Waals surface area contributed by atoms with Crippen LogP contribution >= 0.6 is 11.8 Å². The Kier molecular flexibility index (Phi) is 3.91. The first-order valence-corrected chi connectivity index (χ1v) is 5.03. The summed E-state index contributed by atoms with van der Waals surface area (Å²) in [5.41, 5.74) is 0.0835. The van der Waals surface area contributed by atoms with Gasteiger partial charge >= 0.3 is 0 Å². The van der Waals surface area contributed by atoms with Crippen molar-refractivity contribution in [3.63, 3.8) is 0 Å². The van der Waals surface area contributed by atoms with Crippen LogP contribution in [0.15, 0.2) is 29.2 Å². The molecule has 0 aliphatic carbocycles. The summed E-state index contributed by atoms with van der Waals surface area (Å²) in [7, 11) is 0. The van der Waals surface area contributed by atoms with Gasteiger partial charge in [0.05, 0.1) is 11.5 Å². The Bertz CT molecular complexity index is 330. The lowest BCUT2D eigenvalue weighted by molar-refractivity contribution is -0.385. The lowest BCUT2D eigenvalue weighted by Crippen LogP contribution is -2.01. The van der Waals surface area contributed by atoms with Crippen LogP contribution in [0.3, 0.4) is 0 Å². The number of aliphatic hydroxyl groups excluding tert-OH is 1. The Hall–Kier alpha value is -1.07. The van der Waals surface area contributed by atoms with Crippen molar-refractivity contribution in [2.75, 3.05) is 6.61 Å². The molecular formula is C9H11NO3S. The van der Waals surface area contributed by atoms with Gasteiger partial charge < -0.3 is 5.11 Å². The van der Waals surface area contributed by atoms with Crippen LogP contribution in [-0.2, 0) is 0 Å². The predicted octanol–water partition coefficient (Wildman–Crippen LogP) is 2.07. The van der Waals surface area contributed by atoms with Gasteiger partial charge in [0.25, 0.3) is 5.69 Å². The number of nitro benzene ring substituents is 1. The van der Waals surface area contributed by atoms with E-state index in [-0.39, 0.29) is 17.5 Å². The topological polar surface area (TPSA) is 63.4 Å². The van der Waals surface area contributed by atoms with E-state index in [1.54, 1.807) is 12.1 Å². The molecule has 5 heteroatoms. The third-order valence-corrected chi connectivity index (χ3v) is 2.70. The minimum Gasteiger partial charge on any atom is -0.395 e. The van der Waals surface area contributed by atoms with Crippen molar-refractivity contribution in [1.82, 2.24) is 0 Å². The minimum absolute atomic E-state index is 0.0528. The van der Waals surface area contributed by atoms with Gasteiger partial charge in [-0.1, -0.05) is 13.0 Å². The van der Waals surface area contributed by atoms with Crippen LogP contribution in [-0.4, -0.2) is 21.9 Å². The third kappa shape index (κ3) is 3.01. The first kappa shape index (κ1) is 11.0. The van der Waals surface area contributed by atoms with E-state index >= 15 is 0 Å². The molecule has 0 fully saturated rings. The number of thioether (sulfide) groups is 1. The number of nitro groups is 1. The molecule has 0 bridgehead atoms. The molecule has 1 rings (SSSR count). The molecule has 76 valence electrons. The molecule has 14 heavy (non-hydrogen) atoms. The van der Waals surface area contributed by atoms with Gasteiger partial charge in [0.1, 0.15) is 0 Å². The second-order valence-corrected chi connectivity index (χ2v) is 4.38. The number of rotatable bonds is 4. The largest absolute Gasteiger partial charge is 0.395 e. The summed E-state index contributed by atoms with van der Waals surface area (Å²) < 4.78 is 0. The van der Waals surface area contributed by atoms with Crippen molar-refractivity contribution >= 4 is 17.4 Å². The predicted molar refractivity (Wildman–Crippen MR) is 55.5 cm³/mol. The molecule has 0 spiro atoms. The fourth-order valence-electron chi connectivity index (χ4n) is 0.940. The fraction of sp³-hybridized carbons (Fsp3) is 0.333. The third-order valence-electron chi connectivity index (χ3n) is 1.62. The van der Waals surface area contributed by atoms with Crippen LogP contribution in [0.4, 0.5) is 5.69 Å². The van der Waals surface area contributed by atoms with Crippen LogP contribution in [0.25, 0.3) is 0 Å². The van der Waals surface area contributed by atoms with E-state index in [0.29, 0.717) is 0 Å². The van der Waals surface area contributed by atoms with Crippen molar-refractivity contribution in [3.8, 4) is 0 Å². The van der Waals surface area contributed by atoms with E-state index in [1.165, 1.54) is 23.9 Å². The highest BCUT2D eigenvalue weighted by atomic mass is 32.2. The zero-order valence-corrected chi connectivity index (χ0v) is 8.53. The quantitative estimate of drug-likeness (QED) is 0.472. The van der Waals surface area contributed by atoms with E-state index in [9.17, 15) is 10.1 Å². The van der Waals surface area contributed by atoms with Crippen molar-refractivity contribution in [1.29, 1.82) is 0 Å². The van der Waals surface area contributed by atoms with Gasteiger partial charge in [-0.05, 0) is 6.07 Å². The SMILES string of the molecule is CC(CO)Sc1cccc([N+](=O)[O-])c1. The zero-order chi connectivity index (χ0) is 10.6. The number of nitrogens with zero attached hydrogens (tertiary/aromatic N) is 1. The molecule has 4 nitrogen and oxygen atoms in total. The summed E-state index contributed by atoms with van der Waals surface area (Å²) in [5, 5.41) is 19.3. The van der Waals surface area contributed by atoms with Crippen LogP contribution in [0.2, 0.25) is 0 Å². The summed E-state index contributed by atoms with van der Waals surface area (Å²) in [6.45, 7) is 1.93. The molecule has 0 saturated heterocycles. The van der Waals surface area contributed by atoms with Gasteiger partial charge in [-0.2, -0.15) is 0 Å². The smallest absolute Gasteiger partial charge is 0.270 e. The van der Waals surface area contributed by atoms with Crippen molar-refractivity contribution in [3.05, 3.63) is 34.4 Å². The van der Waals surface area contributed by atoms with Crippen molar-refractivity contribution < 1.29 is 10.0 Å². The van der Waals surface area contributed by atoms with Gasteiger partial charge in [-0.3, -0.25) is 10.1 Å². The van der Waals surface area contributed by atoms with Crippen LogP contribution in [0, 0.1) is 10.1 Å². The summed E-state index contributed by atoms with van der Waals surface area (Å²) >= 11 is 1.42. The standard InChI is InChI=1S/C9H11NO3S/c1-7(6-11)14-9-4-2-3-8(5-9)10(12)13/h2-5,7,11H,6H2,1H3. The molecule has 1 atom stereocenters. The average Bonchev–Trinajstić information content (AvgIpc) is 2.18. The van der Waals surface area contributed by atoms with Gasteiger partial charge in [0.2, 0.25) is 0 Å². The van der Waals surface area contributed by atoms with E-state index in [1.807, 2.05) is 6.92 Å². The van der Waals surface area contributed by atoms with Gasteiger partial charge in [0.15, 0.2) is 0 Å².